The van der Waals surface area contributed by atoms with E-state index in [2.05, 4.69) is 93.7 Å². The number of hydrogen-bond acceptors (Lipinski definition) is 6. The van der Waals surface area contributed by atoms with Crippen molar-refractivity contribution in [1.82, 2.24) is 0 Å². The third-order valence-corrected chi connectivity index (χ3v) is 13.1. The van der Waals surface area contributed by atoms with Crippen LogP contribution in [0.15, 0.2) is 72.9 Å². The van der Waals surface area contributed by atoms with Crippen LogP contribution < -0.4 is 0 Å². The molecule has 0 heterocycles. The third kappa shape index (κ3) is 57.6. The van der Waals surface area contributed by atoms with Gasteiger partial charge in [0.05, 0.1) is 0 Å². The zero-order valence-electron chi connectivity index (χ0n) is 47.0. The molecule has 0 bridgehead atoms. The number of ether oxygens (including phenoxy) is 3. The number of rotatable bonds is 55. The minimum atomic E-state index is -0.787. The van der Waals surface area contributed by atoms with Gasteiger partial charge in [0, 0.05) is 19.3 Å². The Bertz CT molecular complexity index is 1320. The fourth-order valence-corrected chi connectivity index (χ4v) is 8.54. The fraction of sp³-hybridized carbons (Fsp3) is 0.769. The maximum absolute atomic E-state index is 12.9. The maximum Gasteiger partial charge on any atom is 0.306 e. The topological polar surface area (TPSA) is 78.9 Å². The highest BCUT2D eigenvalue weighted by Crippen LogP contribution is 2.15. The van der Waals surface area contributed by atoms with Crippen molar-refractivity contribution in [2.45, 2.75) is 309 Å². The standard InChI is InChI=1S/C65H114O6/c1-4-7-10-13-16-19-22-25-27-29-30-31-32-33-34-36-37-40-43-46-49-52-55-58-64(67)70-61-62(60-69-63(66)57-54-51-48-45-42-39-24-21-18-15-12-9-6-3)71-65(68)59-56-53-50-47-44-41-38-35-28-26-23-20-17-14-11-8-5-2/h12,15,21-22,24-26,28-30,32-33,62H,4-11,13-14,16-20,23,27,31,34-61H2,1-3H3/b15-12-,24-21-,25-22-,28-26-,30-29-,33-32-. The van der Waals surface area contributed by atoms with Crippen molar-refractivity contribution in [3.05, 3.63) is 72.9 Å². The monoisotopic (exact) mass is 991 g/mol. The van der Waals surface area contributed by atoms with Crippen LogP contribution in [-0.2, 0) is 28.6 Å². The lowest BCUT2D eigenvalue weighted by atomic mass is 10.1. The summed E-state index contributed by atoms with van der Waals surface area (Å²) in [5.41, 5.74) is 0. The van der Waals surface area contributed by atoms with Crippen LogP contribution in [0.1, 0.15) is 303 Å². The fourth-order valence-electron chi connectivity index (χ4n) is 8.54. The molecule has 0 N–H and O–H groups in total. The van der Waals surface area contributed by atoms with Gasteiger partial charge < -0.3 is 14.2 Å². The smallest absolute Gasteiger partial charge is 0.306 e. The lowest BCUT2D eigenvalue weighted by Crippen LogP contribution is -2.30. The van der Waals surface area contributed by atoms with Crippen LogP contribution in [0.3, 0.4) is 0 Å². The highest BCUT2D eigenvalue weighted by molar-refractivity contribution is 5.71. The van der Waals surface area contributed by atoms with Gasteiger partial charge in [0.2, 0.25) is 0 Å². The summed E-state index contributed by atoms with van der Waals surface area (Å²) in [5, 5.41) is 0. The van der Waals surface area contributed by atoms with E-state index in [4.69, 9.17) is 14.2 Å². The van der Waals surface area contributed by atoms with Crippen molar-refractivity contribution in [1.29, 1.82) is 0 Å². The Morgan fingerprint density at radius 2 is 0.535 bits per heavy atom. The molecule has 0 aliphatic heterocycles. The predicted molar refractivity (Wildman–Crippen MR) is 307 cm³/mol. The molecule has 0 aromatic heterocycles. The SMILES string of the molecule is CCC/C=C\C/C=C\CCCCCCCC(=O)OCC(COC(=O)CCCCCCCCCC/C=C\C/C=C\C/C=C\CCCCCCC)OC(=O)CCCCCCCCC/C=C\CCCCCCCC. The van der Waals surface area contributed by atoms with Crippen molar-refractivity contribution in [2.75, 3.05) is 13.2 Å². The Balaban J connectivity index is 4.35. The van der Waals surface area contributed by atoms with E-state index in [1.807, 2.05) is 0 Å². The van der Waals surface area contributed by atoms with Crippen LogP contribution in [0.25, 0.3) is 0 Å². The average Bonchev–Trinajstić information content (AvgIpc) is 3.37. The molecular formula is C65H114O6. The third-order valence-electron chi connectivity index (χ3n) is 13.1. The van der Waals surface area contributed by atoms with Crippen molar-refractivity contribution < 1.29 is 28.6 Å². The van der Waals surface area contributed by atoms with Crippen molar-refractivity contribution >= 4 is 17.9 Å². The molecule has 0 radical (unpaired) electrons. The van der Waals surface area contributed by atoms with E-state index >= 15 is 0 Å². The first-order valence-corrected chi connectivity index (χ1v) is 30.4. The normalized spacial score (nSPS) is 12.5. The van der Waals surface area contributed by atoms with Crippen LogP contribution in [0.4, 0.5) is 0 Å². The number of allylic oxidation sites excluding steroid dienone is 12. The molecule has 0 saturated heterocycles. The van der Waals surface area contributed by atoms with Gasteiger partial charge in [0.15, 0.2) is 6.10 Å². The van der Waals surface area contributed by atoms with Gasteiger partial charge in [-0.25, -0.2) is 0 Å². The summed E-state index contributed by atoms with van der Waals surface area (Å²) in [4.78, 5) is 38.2. The van der Waals surface area contributed by atoms with Crippen LogP contribution in [0.5, 0.6) is 0 Å². The maximum atomic E-state index is 12.9. The van der Waals surface area contributed by atoms with E-state index in [0.717, 1.165) is 103 Å². The summed E-state index contributed by atoms with van der Waals surface area (Å²) >= 11 is 0. The molecule has 1 unspecified atom stereocenters. The lowest BCUT2D eigenvalue weighted by molar-refractivity contribution is -0.167. The number of carbonyl (C=O) groups excluding carboxylic acids is 3. The molecule has 6 nitrogen and oxygen atoms in total. The highest BCUT2D eigenvalue weighted by Gasteiger charge is 2.19. The zero-order valence-corrected chi connectivity index (χ0v) is 47.0. The van der Waals surface area contributed by atoms with Gasteiger partial charge in [0.25, 0.3) is 0 Å². The first-order valence-electron chi connectivity index (χ1n) is 30.4. The van der Waals surface area contributed by atoms with Crippen LogP contribution in [0, 0.1) is 0 Å². The van der Waals surface area contributed by atoms with Crippen LogP contribution in [0.2, 0.25) is 0 Å². The Morgan fingerprint density at radius 3 is 0.859 bits per heavy atom. The minimum absolute atomic E-state index is 0.0849. The number of carbonyl (C=O) groups is 3. The molecule has 0 aliphatic carbocycles. The van der Waals surface area contributed by atoms with Crippen LogP contribution >= 0.6 is 0 Å². The Labute approximate surface area is 440 Å². The average molecular weight is 992 g/mol. The van der Waals surface area contributed by atoms with E-state index in [0.29, 0.717) is 19.3 Å². The van der Waals surface area contributed by atoms with Gasteiger partial charge in [-0.05, 0) is 109 Å². The highest BCUT2D eigenvalue weighted by atomic mass is 16.6. The molecule has 0 amide bonds. The van der Waals surface area contributed by atoms with Gasteiger partial charge in [-0.1, -0.05) is 248 Å². The number of unbranched alkanes of at least 4 members (excludes halogenated alkanes) is 32. The van der Waals surface area contributed by atoms with Gasteiger partial charge in [-0.15, -0.1) is 0 Å². The minimum Gasteiger partial charge on any atom is -0.462 e. The molecule has 0 aliphatic rings. The number of hydrogen-bond donors (Lipinski definition) is 0. The van der Waals surface area contributed by atoms with E-state index in [-0.39, 0.29) is 31.1 Å². The molecule has 0 fully saturated rings. The second kappa shape index (κ2) is 59.4. The largest absolute Gasteiger partial charge is 0.462 e. The Morgan fingerprint density at radius 1 is 0.282 bits per heavy atom. The molecule has 0 spiro atoms. The van der Waals surface area contributed by atoms with Gasteiger partial charge in [-0.3, -0.25) is 14.4 Å². The Hall–Kier alpha value is -3.15. The number of esters is 3. The molecule has 0 aromatic carbocycles. The summed E-state index contributed by atoms with van der Waals surface area (Å²) < 4.78 is 16.9. The van der Waals surface area contributed by atoms with Crippen molar-refractivity contribution in [3.8, 4) is 0 Å². The molecule has 0 saturated carbocycles. The molecule has 410 valence electrons. The van der Waals surface area contributed by atoms with E-state index in [1.165, 1.54) is 161 Å². The molecule has 0 rings (SSSR count). The van der Waals surface area contributed by atoms with Gasteiger partial charge >= 0.3 is 17.9 Å². The summed E-state index contributed by atoms with van der Waals surface area (Å²) in [5.74, 6) is -0.900. The second-order valence-electron chi connectivity index (χ2n) is 20.2. The van der Waals surface area contributed by atoms with E-state index in [1.54, 1.807) is 0 Å². The first kappa shape index (κ1) is 67.8. The summed E-state index contributed by atoms with van der Waals surface area (Å²) in [6.07, 6.45) is 76.1. The van der Waals surface area contributed by atoms with Crippen LogP contribution in [-0.4, -0.2) is 37.2 Å². The summed E-state index contributed by atoms with van der Waals surface area (Å²) in [6, 6.07) is 0. The van der Waals surface area contributed by atoms with Crippen molar-refractivity contribution in [3.63, 3.8) is 0 Å². The summed E-state index contributed by atoms with van der Waals surface area (Å²) in [6.45, 7) is 6.56. The van der Waals surface area contributed by atoms with E-state index in [9.17, 15) is 14.4 Å². The molecular weight excluding hydrogens is 877 g/mol. The van der Waals surface area contributed by atoms with Gasteiger partial charge in [-0.2, -0.15) is 0 Å². The zero-order chi connectivity index (χ0) is 51.4. The van der Waals surface area contributed by atoms with Gasteiger partial charge in [0.1, 0.15) is 13.2 Å². The lowest BCUT2D eigenvalue weighted by Gasteiger charge is -2.18. The molecule has 0 aromatic rings. The van der Waals surface area contributed by atoms with Crippen molar-refractivity contribution in [2.24, 2.45) is 0 Å². The molecule has 1 atom stereocenters. The second-order valence-corrected chi connectivity index (χ2v) is 20.2. The first-order chi connectivity index (χ1) is 35.0. The predicted octanol–water partition coefficient (Wildman–Crippen LogP) is 20.5. The molecule has 6 heteroatoms. The van der Waals surface area contributed by atoms with E-state index < -0.39 is 6.10 Å². The summed E-state index contributed by atoms with van der Waals surface area (Å²) in [7, 11) is 0. The quantitative estimate of drug-likeness (QED) is 0.0261. The molecule has 71 heavy (non-hydrogen) atoms. The Kier molecular flexibility index (Phi) is 56.8.